The number of nitrogens with one attached hydrogen (secondary N) is 1. The first-order chi connectivity index (χ1) is 10.3. The number of amides is 1. The highest BCUT2D eigenvalue weighted by Crippen LogP contribution is 2.22. The van der Waals surface area contributed by atoms with Gasteiger partial charge in [0, 0.05) is 23.2 Å². The van der Waals surface area contributed by atoms with E-state index in [-0.39, 0.29) is 17.3 Å². The third-order valence-electron chi connectivity index (χ3n) is 3.03. The monoisotopic (exact) mass is 303 g/mol. The van der Waals surface area contributed by atoms with Crippen LogP contribution < -0.4 is 5.32 Å². The van der Waals surface area contributed by atoms with E-state index in [4.69, 9.17) is 5.26 Å². The van der Waals surface area contributed by atoms with Gasteiger partial charge in [-0.25, -0.2) is 0 Å². The summed E-state index contributed by atoms with van der Waals surface area (Å²) >= 11 is 0. The summed E-state index contributed by atoms with van der Waals surface area (Å²) in [5, 5.41) is 22.6. The van der Waals surface area contributed by atoms with Crippen LogP contribution in [0.2, 0.25) is 0 Å². The highest BCUT2D eigenvalue weighted by molar-refractivity contribution is 6.12. The van der Waals surface area contributed by atoms with Crippen LogP contribution >= 0.6 is 0 Å². The van der Waals surface area contributed by atoms with Gasteiger partial charge in [0.15, 0.2) is 11.7 Å². The van der Waals surface area contributed by atoms with Crippen molar-refractivity contribution in [3.63, 3.8) is 0 Å². The number of carbonyl (C=O) groups excluding carboxylic acids is 2. The number of nitro benzene ring substituents is 1. The van der Waals surface area contributed by atoms with Crippen molar-refractivity contribution >= 4 is 17.4 Å². The molecule has 0 fully saturated rings. The van der Waals surface area contributed by atoms with Crippen molar-refractivity contribution in [1.29, 1.82) is 5.26 Å². The van der Waals surface area contributed by atoms with E-state index >= 15 is 0 Å². The summed E-state index contributed by atoms with van der Waals surface area (Å²) in [7, 11) is 0. The van der Waals surface area contributed by atoms with Gasteiger partial charge in [0.2, 0.25) is 5.91 Å². The van der Waals surface area contributed by atoms with Gasteiger partial charge in [0.05, 0.1) is 11.0 Å². The smallest absolute Gasteiger partial charge is 0.273 e. The lowest BCUT2D eigenvalue weighted by Gasteiger charge is -2.12. The van der Waals surface area contributed by atoms with Crippen molar-refractivity contribution in [2.24, 2.45) is 5.92 Å². The van der Waals surface area contributed by atoms with Gasteiger partial charge >= 0.3 is 0 Å². The topological polar surface area (TPSA) is 113 Å². The van der Waals surface area contributed by atoms with E-state index in [2.05, 4.69) is 5.32 Å². The molecule has 0 aromatic heterocycles. The van der Waals surface area contributed by atoms with E-state index in [1.807, 2.05) is 0 Å². The van der Waals surface area contributed by atoms with Gasteiger partial charge in [-0.05, 0) is 20.3 Å². The number of ketones is 1. The lowest BCUT2D eigenvalue weighted by Crippen LogP contribution is -2.38. The SMILES string of the molecule is CCc1ccc(C(=O)[C@H](C#N)C(=O)NC(C)C)cc1[N+](=O)[O-]. The third kappa shape index (κ3) is 3.88. The second-order valence-electron chi connectivity index (χ2n) is 5.04. The molecule has 0 aliphatic carbocycles. The van der Waals surface area contributed by atoms with E-state index in [1.54, 1.807) is 26.8 Å². The number of Topliss-reactive ketones (excluding diaryl/α,β-unsaturated/α-hetero) is 1. The van der Waals surface area contributed by atoms with Gasteiger partial charge in [-0.15, -0.1) is 0 Å². The van der Waals surface area contributed by atoms with Gasteiger partial charge in [0.1, 0.15) is 0 Å². The molecule has 0 spiro atoms. The fraction of sp³-hybridized carbons (Fsp3) is 0.400. The molecule has 0 saturated carbocycles. The first kappa shape index (κ1) is 17.3. The normalized spacial score (nSPS) is 11.6. The van der Waals surface area contributed by atoms with Crippen molar-refractivity contribution in [3.05, 3.63) is 39.4 Å². The van der Waals surface area contributed by atoms with Crippen LogP contribution in [0.15, 0.2) is 18.2 Å². The number of nitro groups is 1. The number of benzene rings is 1. The molecule has 1 rings (SSSR count). The summed E-state index contributed by atoms with van der Waals surface area (Å²) < 4.78 is 0. The Kier molecular flexibility index (Phi) is 5.75. The highest BCUT2D eigenvalue weighted by atomic mass is 16.6. The first-order valence-corrected chi connectivity index (χ1v) is 6.83. The van der Waals surface area contributed by atoms with Crippen molar-refractivity contribution in [2.45, 2.75) is 33.2 Å². The zero-order chi connectivity index (χ0) is 16.9. The standard InChI is InChI=1S/C15H17N3O4/c1-4-10-5-6-11(7-13(10)18(21)22)14(19)12(8-16)15(20)17-9(2)3/h5-7,9,12H,4H2,1-3H3,(H,17,20)/t12-/m0/s1. The van der Waals surface area contributed by atoms with Gasteiger partial charge in [0.25, 0.3) is 5.69 Å². The molecule has 116 valence electrons. The van der Waals surface area contributed by atoms with E-state index in [0.717, 1.165) is 6.07 Å². The summed E-state index contributed by atoms with van der Waals surface area (Å²) in [6, 6.07) is 5.43. The molecule has 0 aliphatic heterocycles. The number of hydrogen-bond acceptors (Lipinski definition) is 5. The molecule has 7 heteroatoms. The molecule has 0 heterocycles. The quantitative estimate of drug-likeness (QED) is 0.374. The largest absolute Gasteiger partial charge is 0.352 e. The van der Waals surface area contributed by atoms with Crippen LogP contribution in [-0.2, 0) is 11.2 Å². The summed E-state index contributed by atoms with van der Waals surface area (Å²) in [6.07, 6.45) is 0.445. The Morgan fingerprint density at radius 2 is 2.05 bits per heavy atom. The summed E-state index contributed by atoms with van der Waals surface area (Å²) in [5.41, 5.74) is 0.283. The Hall–Kier alpha value is -2.75. The fourth-order valence-corrected chi connectivity index (χ4v) is 1.96. The average molecular weight is 303 g/mol. The zero-order valence-electron chi connectivity index (χ0n) is 12.6. The van der Waals surface area contributed by atoms with Crippen molar-refractivity contribution in [1.82, 2.24) is 5.32 Å². The Morgan fingerprint density at radius 3 is 2.50 bits per heavy atom. The number of aryl methyl sites for hydroxylation is 1. The second-order valence-corrected chi connectivity index (χ2v) is 5.04. The number of nitriles is 1. The predicted octanol–water partition coefficient (Wildman–Crippen LogP) is 2.00. The number of hydrogen-bond donors (Lipinski definition) is 1. The zero-order valence-corrected chi connectivity index (χ0v) is 12.6. The van der Waals surface area contributed by atoms with E-state index in [0.29, 0.717) is 12.0 Å². The molecule has 0 aliphatic rings. The van der Waals surface area contributed by atoms with Gasteiger partial charge < -0.3 is 5.32 Å². The molecule has 1 atom stereocenters. The Morgan fingerprint density at radius 1 is 1.41 bits per heavy atom. The lowest BCUT2D eigenvalue weighted by molar-refractivity contribution is -0.385. The molecule has 1 amide bonds. The Balaban J connectivity index is 3.16. The maximum Gasteiger partial charge on any atom is 0.273 e. The Bertz CT molecular complexity index is 647. The van der Waals surface area contributed by atoms with Crippen LogP contribution in [0.25, 0.3) is 0 Å². The highest BCUT2D eigenvalue weighted by Gasteiger charge is 2.29. The molecule has 1 aromatic carbocycles. The fourth-order valence-electron chi connectivity index (χ4n) is 1.96. The van der Waals surface area contributed by atoms with Crippen LogP contribution in [0.3, 0.4) is 0 Å². The van der Waals surface area contributed by atoms with E-state index in [9.17, 15) is 19.7 Å². The molecule has 0 saturated heterocycles. The van der Waals surface area contributed by atoms with Crippen LogP contribution in [0, 0.1) is 27.4 Å². The van der Waals surface area contributed by atoms with Crippen LogP contribution in [0.5, 0.6) is 0 Å². The molecular formula is C15H17N3O4. The molecule has 7 nitrogen and oxygen atoms in total. The molecule has 1 N–H and O–H groups in total. The minimum atomic E-state index is -1.52. The number of nitrogens with zero attached hydrogens (tertiary/aromatic N) is 2. The first-order valence-electron chi connectivity index (χ1n) is 6.83. The number of rotatable bonds is 6. The van der Waals surface area contributed by atoms with Crippen LogP contribution in [0.1, 0.15) is 36.7 Å². The van der Waals surface area contributed by atoms with Gasteiger partial charge in [-0.2, -0.15) is 5.26 Å². The van der Waals surface area contributed by atoms with Crippen LogP contribution in [0.4, 0.5) is 5.69 Å². The summed E-state index contributed by atoms with van der Waals surface area (Å²) in [6.45, 7) is 5.17. The van der Waals surface area contributed by atoms with E-state index in [1.165, 1.54) is 12.1 Å². The predicted molar refractivity (Wildman–Crippen MR) is 79.2 cm³/mol. The van der Waals surface area contributed by atoms with Crippen molar-refractivity contribution < 1.29 is 14.5 Å². The summed E-state index contributed by atoms with van der Waals surface area (Å²) in [5.74, 6) is -2.97. The molecule has 0 unspecified atom stereocenters. The summed E-state index contributed by atoms with van der Waals surface area (Å²) in [4.78, 5) is 34.6. The van der Waals surface area contributed by atoms with Gasteiger partial charge in [-0.3, -0.25) is 19.7 Å². The van der Waals surface area contributed by atoms with E-state index < -0.39 is 22.5 Å². The molecule has 0 radical (unpaired) electrons. The molecule has 1 aromatic rings. The van der Waals surface area contributed by atoms with Crippen molar-refractivity contribution in [2.75, 3.05) is 0 Å². The Labute approximate surface area is 128 Å². The third-order valence-corrected chi connectivity index (χ3v) is 3.03. The molecule has 22 heavy (non-hydrogen) atoms. The lowest BCUT2D eigenvalue weighted by atomic mass is 9.95. The minimum Gasteiger partial charge on any atom is -0.352 e. The van der Waals surface area contributed by atoms with Crippen LogP contribution in [-0.4, -0.2) is 22.7 Å². The average Bonchev–Trinajstić information content (AvgIpc) is 2.46. The maximum absolute atomic E-state index is 12.3. The molecular weight excluding hydrogens is 286 g/mol. The van der Waals surface area contributed by atoms with Gasteiger partial charge in [-0.1, -0.05) is 19.1 Å². The minimum absolute atomic E-state index is 0.0191. The van der Waals surface area contributed by atoms with Crippen molar-refractivity contribution in [3.8, 4) is 6.07 Å². The second kappa shape index (κ2) is 7.31. The maximum atomic E-state index is 12.3. The molecule has 0 bridgehead atoms. The number of carbonyl (C=O) groups is 2.